The van der Waals surface area contributed by atoms with Gasteiger partial charge in [0.1, 0.15) is 5.71 Å². The van der Waals surface area contributed by atoms with Crippen molar-refractivity contribution < 1.29 is 27.5 Å². The molecule has 0 bridgehead atoms. The van der Waals surface area contributed by atoms with Crippen molar-refractivity contribution in [1.29, 1.82) is 0 Å². The summed E-state index contributed by atoms with van der Waals surface area (Å²) < 4.78 is 51.6. The molecule has 1 aliphatic rings. The SMILES string of the molecule is CN(C)c1ccc(C(=O)N2N=C(C(F)F)C[C@@]2(O)C(F)F)cc1. The molecule has 0 saturated carbocycles. The van der Waals surface area contributed by atoms with Crippen LogP contribution in [0.4, 0.5) is 23.2 Å². The second-order valence-corrected chi connectivity index (χ2v) is 5.31. The van der Waals surface area contributed by atoms with Crippen LogP contribution in [-0.2, 0) is 0 Å². The minimum absolute atomic E-state index is 0.0455. The molecule has 1 amide bonds. The molecule has 0 saturated heterocycles. The summed E-state index contributed by atoms with van der Waals surface area (Å²) in [5.74, 6) is -1.08. The van der Waals surface area contributed by atoms with Gasteiger partial charge in [-0.2, -0.15) is 10.1 Å². The Hall–Kier alpha value is -2.16. The summed E-state index contributed by atoms with van der Waals surface area (Å²) in [6.07, 6.45) is -7.66. The standard InChI is InChI=1S/C14H15F4N3O2/c1-20(2)9-5-3-8(4-6-9)12(22)21-14(23,13(17)18)7-10(19-21)11(15)16/h3-6,11,13,23H,7H2,1-2H3/t14-/m1/s1. The van der Waals surface area contributed by atoms with Gasteiger partial charge in [-0.3, -0.25) is 4.79 Å². The van der Waals surface area contributed by atoms with Crippen LogP contribution < -0.4 is 4.90 Å². The van der Waals surface area contributed by atoms with Crippen molar-refractivity contribution in [2.24, 2.45) is 5.10 Å². The van der Waals surface area contributed by atoms with Crippen LogP contribution in [0, 0.1) is 0 Å². The van der Waals surface area contributed by atoms with E-state index < -0.39 is 36.6 Å². The number of aliphatic hydroxyl groups is 1. The van der Waals surface area contributed by atoms with Gasteiger partial charge in [0.15, 0.2) is 0 Å². The van der Waals surface area contributed by atoms with E-state index in [-0.39, 0.29) is 10.6 Å². The molecule has 1 N–H and O–H groups in total. The van der Waals surface area contributed by atoms with Gasteiger partial charge >= 0.3 is 0 Å². The van der Waals surface area contributed by atoms with Gasteiger partial charge in [-0.25, -0.2) is 17.6 Å². The van der Waals surface area contributed by atoms with Crippen LogP contribution in [0.3, 0.4) is 0 Å². The number of benzene rings is 1. The topological polar surface area (TPSA) is 56.1 Å². The van der Waals surface area contributed by atoms with Crippen molar-refractivity contribution in [1.82, 2.24) is 5.01 Å². The highest BCUT2D eigenvalue weighted by molar-refractivity contribution is 5.99. The summed E-state index contributed by atoms with van der Waals surface area (Å²) in [6, 6.07) is 5.81. The van der Waals surface area contributed by atoms with E-state index in [2.05, 4.69) is 5.10 Å². The summed E-state index contributed by atoms with van der Waals surface area (Å²) in [7, 11) is 3.54. The summed E-state index contributed by atoms with van der Waals surface area (Å²) in [5.41, 5.74) is -3.31. The maximum absolute atomic E-state index is 13.1. The Bertz CT molecular complexity index is 619. The largest absolute Gasteiger partial charge is 0.378 e. The van der Waals surface area contributed by atoms with E-state index in [1.807, 2.05) is 0 Å². The van der Waals surface area contributed by atoms with Crippen LogP contribution >= 0.6 is 0 Å². The number of hydrazone groups is 1. The first-order valence-electron chi connectivity index (χ1n) is 6.65. The van der Waals surface area contributed by atoms with Crippen LogP contribution in [0.15, 0.2) is 29.4 Å². The molecule has 0 aliphatic carbocycles. The number of alkyl halides is 4. The molecule has 1 atom stereocenters. The lowest BCUT2D eigenvalue weighted by atomic mass is 10.1. The van der Waals surface area contributed by atoms with Crippen LogP contribution in [0.5, 0.6) is 0 Å². The molecule has 2 rings (SSSR count). The third-order valence-electron chi connectivity index (χ3n) is 3.46. The van der Waals surface area contributed by atoms with E-state index in [0.717, 1.165) is 5.69 Å². The third-order valence-corrected chi connectivity index (χ3v) is 3.46. The Labute approximate surface area is 129 Å². The number of carbonyl (C=O) groups is 1. The maximum atomic E-state index is 13.1. The fraction of sp³-hybridized carbons (Fsp3) is 0.429. The quantitative estimate of drug-likeness (QED) is 0.859. The number of nitrogens with zero attached hydrogens (tertiary/aromatic N) is 3. The number of anilines is 1. The Morgan fingerprint density at radius 2 is 1.83 bits per heavy atom. The van der Waals surface area contributed by atoms with Gasteiger partial charge in [0.25, 0.3) is 18.8 Å². The number of carbonyl (C=O) groups excluding carboxylic acids is 1. The Balaban J connectivity index is 2.34. The van der Waals surface area contributed by atoms with Crippen molar-refractivity contribution in [2.75, 3.05) is 19.0 Å². The molecule has 0 spiro atoms. The molecule has 1 aromatic carbocycles. The molecule has 1 heterocycles. The summed E-state index contributed by atoms with van der Waals surface area (Å²) in [4.78, 5) is 14.0. The van der Waals surface area contributed by atoms with Crippen molar-refractivity contribution >= 4 is 17.3 Å². The van der Waals surface area contributed by atoms with E-state index in [9.17, 15) is 27.5 Å². The zero-order valence-corrected chi connectivity index (χ0v) is 12.4. The number of rotatable bonds is 4. The lowest BCUT2D eigenvalue weighted by Crippen LogP contribution is -2.51. The maximum Gasteiger partial charge on any atom is 0.287 e. The smallest absolute Gasteiger partial charge is 0.287 e. The van der Waals surface area contributed by atoms with Crippen molar-refractivity contribution in [2.45, 2.75) is 25.0 Å². The zero-order chi connectivity index (χ0) is 17.4. The minimum atomic E-state index is -3.44. The second-order valence-electron chi connectivity index (χ2n) is 5.31. The van der Waals surface area contributed by atoms with Gasteiger partial charge in [-0.1, -0.05) is 0 Å². The van der Waals surface area contributed by atoms with Crippen molar-refractivity contribution in [3.05, 3.63) is 29.8 Å². The molecule has 1 aliphatic heterocycles. The molecule has 9 heteroatoms. The molecule has 0 aromatic heterocycles. The predicted octanol–water partition coefficient (Wildman–Crippen LogP) is 2.17. The Morgan fingerprint density at radius 1 is 1.26 bits per heavy atom. The molecule has 1 aromatic rings. The van der Waals surface area contributed by atoms with E-state index in [1.54, 1.807) is 31.1 Å². The fourth-order valence-corrected chi connectivity index (χ4v) is 2.13. The molecule has 0 fully saturated rings. The predicted molar refractivity (Wildman–Crippen MR) is 75.9 cm³/mol. The van der Waals surface area contributed by atoms with E-state index in [4.69, 9.17) is 0 Å². The molecule has 23 heavy (non-hydrogen) atoms. The average molecular weight is 333 g/mol. The summed E-state index contributed by atoms with van der Waals surface area (Å²) in [5, 5.41) is 13.2. The second kappa shape index (κ2) is 6.15. The lowest BCUT2D eigenvalue weighted by molar-refractivity contribution is -0.164. The highest BCUT2D eigenvalue weighted by atomic mass is 19.3. The van der Waals surface area contributed by atoms with Crippen LogP contribution in [0.1, 0.15) is 16.8 Å². The number of hydrogen-bond donors (Lipinski definition) is 1. The molecule has 5 nitrogen and oxygen atoms in total. The zero-order valence-electron chi connectivity index (χ0n) is 12.4. The number of halogens is 4. The summed E-state index contributed by atoms with van der Waals surface area (Å²) in [6.45, 7) is 0. The molecular weight excluding hydrogens is 318 g/mol. The number of amides is 1. The highest BCUT2D eigenvalue weighted by Crippen LogP contribution is 2.34. The molecular formula is C14H15F4N3O2. The van der Waals surface area contributed by atoms with E-state index in [1.165, 1.54) is 12.1 Å². The molecule has 126 valence electrons. The third kappa shape index (κ3) is 3.14. The monoisotopic (exact) mass is 333 g/mol. The normalized spacial score (nSPS) is 21.1. The Morgan fingerprint density at radius 3 is 2.26 bits per heavy atom. The summed E-state index contributed by atoms with van der Waals surface area (Å²) >= 11 is 0. The first kappa shape index (κ1) is 17.2. The Kier molecular flexibility index (Phi) is 4.60. The van der Waals surface area contributed by atoms with Crippen molar-refractivity contribution in [3.63, 3.8) is 0 Å². The van der Waals surface area contributed by atoms with Gasteiger partial charge < -0.3 is 10.0 Å². The van der Waals surface area contributed by atoms with Crippen molar-refractivity contribution in [3.8, 4) is 0 Å². The lowest BCUT2D eigenvalue weighted by Gasteiger charge is -2.30. The first-order valence-corrected chi connectivity index (χ1v) is 6.65. The fourth-order valence-electron chi connectivity index (χ4n) is 2.13. The van der Waals surface area contributed by atoms with Gasteiger partial charge in [0, 0.05) is 31.8 Å². The minimum Gasteiger partial charge on any atom is -0.378 e. The van der Waals surface area contributed by atoms with Gasteiger partial charge in [-0.05, 0) is 24.3 Å². The highest BCUT2D eigenvalue weighted by Gasteiger charge is 2.53. The first-order chi connectivity index (χ1) is 10.7. The van der Waals surface area contributed by atoms with E-state index >= 15 is 0 Å². The number of hydrogen-bond acceptors (Lipinski definition) is 4. The molecule has 0 radical (unpaired) electrons. The van der Waals surface area contributed by atoms with E-state index in [0.29, 0.717) is 0 Å². The van der Waals surface area contributed by atoms with Crippen LogP contribution in [0.2, 0.25) is 0 Å². The van der Waals surface area contributed by atoms with Gasteiger partial charge in [0.05, 0.1) is 0 Å². The molecule has 0 unspecified atom stereocenters. The van der Waals surface area contributed by atoms with Crippen LogP contribution in [-0.4, -0.2) is 54.4 Å². The van der Waals surface area contributed by atoms with Crippen LogP contribution in [0.25, 0.3) is 0 Å². The van der Waals surface area contributed by atoms with Gasteiger partial charge in [-0.15, -0.1) is 0 Å². The van der Waals surface area contributed by atoms with Gasteiger partial charge in [0.2, 0.25) is 5.72 Å². The average Bonchev–Trinajstić information content (AvgIpc) is 2.86.